The Hall–Kier alpha value is -2.14. The third-order valence-electron chi connectivity index (χ3n) is 8.38. The highest BCUT2D eigenvalue weighted by Gasteiger charge is 2.43. The van der Waals surface area contributed by atoms with Crippen LogP contribution in [0.1, 0.15) is 84.0 Å². The smallest absolute Gasteiger partial charge is 0.337 e. The molecule has 0 bridgehead atoms. The second kappa shape index (κ2) is 9.61. The summed E-state index contributed by atoms with van der Waals surface area (Å²) in [4.78, 5) is 27.1. The minimum Gasteiger partial charge on any atom is -0.459 e. The van der Waals surface area contributed by atoms with E-state index < -0.39 is 12.0 Å². The first-order valence-corrected chi connectivity index (χ1v) is 13.0. The van der Waals surface area contributed by atoms with Crippen LogP contribution >= 0.6 is 0 Å². The maximum absolute atomic E-state index is 13.6. The van der Waals surface area contributed by atoms with Crippen LogP contribution < -0.4 is 5.32 Å². The van der Waals surface area contributed by atoms with E-state index in [2.05, 4.69) is 5.32 Å². The number of nitrogens with one attached hydrogen (secondary N) is 1. The van der Waals surface area contributed by atoms with E-state index in [0.29, 0.717) is 30.3 Å². The lowest BCUT2D eigenvalue weighted by Gasteiger charge is -2.40. The molecule has 3 unspecified atom stereocenters. The van der Waals surface area contributed by atoms with Crippen LogP contribution in [0.5, 0.6) is 0 Å². The van der Waals surface area contributed by atoms with Crippen LogP contribution in [0.25, 0.3) is 0 Å². The molecule has 0 radical (unpaired) electrons. The number of carbonyl (C=O) groups excluding carboxylic acids is 2. The predicted molar refractivity (Wildman–Crippen MR) is 127 cm³/mol. The molecule has 5 aliphatic rings. The van der Waals surface area contributed by atoms with Crippen molar-refractivity contribution in [1.29, 1.82) is 0 Å². The SMILES string of the molecule is CC1=C(C(=O)OC2CCCC2)C(C2=CC(O)CC=C2)C2=C(CC(C3CCCCC3)CC2=O)N1. The summed E-state index contributed by atoms with van der Waals surface area (Å²) in [5, 5.41) is 13.8. The van der Waals surface area contributed by atoms with Crippen LogP contribution in [0.3, 0.4) is 0 Å². The molecule has 3 atom stereocenters. The van der Waals surface area contributed by atoms with Crippen LogP contribution in [0.4, 0.5) is 0 Å². The van der Waals surface area contributed by atoms with E-state index in [9.17, 15) is 14.7 Å². The first-order chi connectivity index (χ1) is 16.0. The van der Waals surface area contributed by atoms with Gasteiger partial charge in [-0.15, -0.1) is 0 Å². The predicted octanol–water partition coefficient (Wildman–Crippen LogP) is 5.03. The minimum absolute atomic E-state index is 0.0342. The van der Waals surface area contributed by atoms with Gasteiger partial charge in [0.1, 0.15) is 6.10 Å². The van der Waals surface area contributed by atoms with E-state index in [1.165, 1.54) is 32.1 Å². The summed E-state index contributed by atoms with van der Waals surface area (Å²) < 4.78 is 5.92. The number of esters is 1. The molecular weight excluding hydrogens is 414 g/mol. The Balaban J connectivity index is 1.49. The van der Waals surface area contributed by atoms with Gasteiger partial charge in [0.15, 0.2) is 5.78 Å². The molecule has 5 rings (SSSR count). The number of aliphatic hydroxyl groups excluding tert-OH is 1. The fourth-order valence-corrected chi connectivity index (χ4v) is 6.71. The zero-order valence-corrected chi connectivity index (χ0v) is 19.8. The summed E-state index contributed by atoms with van der Waals surface area (Å²) in [6.07, 6.45) is 17.4. The normalized spacial score (nSPS) is 31.4. The molecule has 0 spiro atoms. The van der Waals surface area contributed by atoms with E-state index in [-0.39, 0.29) is 17.9 Å². The molecule has 0 aromatic rings. The van der Waals surface area contributed by atoms with Gasteiger partial charge < -0.3 is 15.2 Å². The Bertz CT molecular complexity index is 928. The Morgan fingerprint density at radius 3 is 2.48 bits per heavy atom. The summed E-state index contributed by atoms with van der Waals surface area (Å²) >= 11 is 0. The Labute approximate surface area is 197 Å². The number of ketones is 1. The number of carbonyl (C=O) groups is 2. The van der Waals surface area contributed by atoms with Crippen molar-refractivity contribution >= 4 is 11.8 Å². The zero-order chi connectivity index (χ0) is 22.9. The second-order valence-corrected chi connectivity index (χ2v) is 10.7. The first kappa shape index (κ1) is 22.6. The van der Waals surface area contributed by atoms with E-state index in [4.69, 9.17) is 4.74 Å². The molecule has 33 heavy (non-hydrogen) atoms. The first-order valence-electron chi connectivity index (χ1n) is 13.0. The summed E-state index contributed by atoms with van der Waals surface area (Å²) in [5.41, 5.74) is 3.86. The molecule has 178 valence electrons. The van der Waals surface area contributed by atoms with Gasteiger partial charge >= 0.3 is 5.97 Å². The summed E-state index contributed by atoms with van der Waals surface area (Å²) in [7, 11) is 0. The highest BCUT2D eigenvalue weighted by atomic mass is 16.5. The van der Waals surface area contributed by atoms with E-state index in [1.54, 1.807) is 0 Å². The van der Waals surface area contributed by atoms with Crippen molar-refractivity contribution in [2.45, 2.75) is 96.2 Å². The van der Waals surface area contributed by atoms with Crippen molar-refractivity contribution in [1.82, 2.24) is 5.32 Å². The molecule has 2 N–H and O–H groups in total. The number of allylic oxidation sites excluding steroid dienone is 5. The lowest BCUT2D eigenvalue weighted by molar-refractivity contribution is -0.144. The quantitative estimate of drug-likeness (QED) is 0.587. The maximum Gasteiger partial charge on any atom is 0.337 e. The van der Waals surface area contributed by atoms with Crippen molar-refractivity contribution in [3.8, 4) is 0 Å². The average Bonchev–Trinajstić information content (AvgIpc) is 3.31. The lowest BCUT2D eigenvalue weighted by atomic mass is 9.67. The van der Waals surface area contributed by atoms with E-state index in [0.717, 1.165) is 54.6 Å². The number of rotatable bonds is 4. The Morgan fingerprint density at radius 2 is 1.76 bits per heavy atom. The molecular formula is C28H37NO4. The van der Waals surface area contributed by atoms with Gasteiger partial charge in [0, 0.05) is 29.3 Å². The van der Waals surface area contributed by atoms with Gasteiger partial charge in [-0.05, 0) is 62.9 Å². The monoisotopic (exact) mass is 451 g/mol. The lowest BCUT2D eigenvalue weighted by Crippen LogP contribution is -2.40. The topological polar surface area (TPSA) is 75.6 Å². The van der Waals surface area contributed by atoms with Crippen LogP contribution in [0, 0.1) is 17.8 Å². The molecule has 2 fully saturated rings. The van der Waals surface area contributed by atoms with Crippen molar-refractivity contribution in [2.24, 2.45) is 17.8 Å². The van der Waals surface area contributed by atoms with Crippen LogP contribution in [-0.2, 0) is 14.3 Å². The van der Waals surface area contributed by atoms with Gasteiger partial charge in [0.05, 0.1) is 11.7 Å². The van der Waals surface area contributed by atoms with Gasteiger partial charge in [-0.2, -0.15) is 0 Å². The van der Waals surface area contributed by atoms with Gasteiger partial charge in [0.2, 0.25) is 0 Å². The van der Waals surface area contributed by atoms with Gasteiger partial charge in [-0.1, -0.05) is 50.3 Å². The van der Waals surface area contributed by atoms with Gasteiger partial charge in [0.25, 0.3) is 0 Å². The third kappa shape index (κ3) is 4.62. The maximum atomic E-state index is 13.6. The van der Waals surface area contributed by atoms with Crippen LogP contribution in [0.2, 0.25) is 0 Å². The van der Waals surface area contributed by atoms with Crippen molar-refractivity contribution in [3.05, 3.63) is 46.3 Å². The number of aliphatic hydroxyl groups is 1. The molecule has 4 aliphatic carbocycles. The molecule has 0 aromatic carbocycles. The number of hydrogen-bond donors (Lipinski definition) is 2. The number of dihydropyridines is 1. The third-order valence-corrected chi connectivity index (χ3v) is 8.38. The molecule has 5 nitrogen and oxygen atoms in total. The largest absolute Gasteiger partial charge is 0.459 e. The Morgan fingerprint density at radius 1 is 1.03 bits per heavy atom. The summed E-state index contributed by atoms with van der Waals surface area (Å²) in [6.45, 7) is 1.93. The number of ether oxygens (including phenoxy) is 1. The summed E-state index contributed by atoms with van der Waals surface area (Å²) in [5.74, 6) is 0.370. The number of hydrogen-bond acceptors (Lipinski definition) is 5. The Kier molecular flexibility index (Phi) is 6.60. The number of Topliss-reactive ketones (excluding diaryl/α,β-unsaturated/α-hetero) is 1. The van der Waals surface area contributed by atoms with Crippen LogP contribution in [0.15, 0.2) is 46.3 Å². The molecule has 1 heterocycles. The molecule has 5 heteroatoms. The standard InChI is InChI=1S/C28H37NO4/c1-17-25(28(32)33-22-12-5-6-13-22)26(19-10-7-11-21(30)14-19)27-23(29-17)15-20(16-24(27)31)18-8-3-2-4-9-18/h7,10,14,18,20-22,26,29-30H,2-6,8-9,11-13,15-16H2,1H3. The fraction of sp³-hybridized carbons (Fsp3) is 0.643. The molecule has 2 saturated carbocycles. The van der Waals surface area contributed by atoms with Gasteiger partial charge in [-0.25, -0.2) is 4.79 Å². The van der Waals surface area contributed by atoms with E-state index in [1.807, 2.05) is 25.2 Å². The van der Waals surface area contributed by atoms with E-state index >= 15 is 0 Å². The second-order valence-electron chi connectivity index (χ2n) is 10.7. The van der Waals surface area contributed by atoms with Crippen molar-refractivity contribution < 1.29 is 19.4 Å². The minimum atomic E-state index is -0.593. The molecule has 0 amide bonds. The average molecular weight is 452 g/mol. The van der Waals surface area contributed by atoms with Gasteiger partial charge in [-0.3, -0.25) is 4.79 Å². The van der Waals surface area contributed by atoms with Crippen molar-refractivity contribution in [3.63, 3.8) is 0 Å². The molecule has 1 aliphatic heterocycles. The fourth-order valence-electron chi connectivity index (χ4n) is 6.71. The summed E-state index contributed by atoms with van der Waals surface area (Å²) in [6, 6.07) is 0. The van der Waals surface area contributed by atoms with Crippen molar-refractivity contribution in [2.75, 3.05) is 0 Å². The highest BCUT2D eigenvalue weighted by molar-refractivity contribution is 6.03. The molecule has 0 aromatic heterocycles. The highest BCUT2D eigenvalue weighted by Crippen LogP contribution is 2.46. The molecule has 0 saturated heterocycles. The zero-order valence-electron chi connectivity index (χ0n) is 19.8. The van der Waals surface area contributed by atoms with Crippen LogP contribution in [-0.4, -0.2) is 29.1 Å².